The number of nitrogens with zero attached hydrogens (tertiary/aromatic N) is 1. The Labute approximate surface area is 103 Å². The second-order valence-electron chi connectivity index (χ2n) is 3.52. The Morgan fingerprint density at radius 2 is 1.95 bits per heavy atom. The van der Waals surface area contributed by atoms with Crippen molar-refractivity contribution >= 4 is 22.6 Å². The van der Waals surface area contributed by atoms with Gasteiger partial charge in [-0.15, -0.1) is 0 Å². The van der Waals surface area contributed by atoms with E-state index in [1.807, 2.05) is 0 Å². The molecule has 0 atom stereocenters. The Kier molecular flexibility index (Phi) is 2.59. The van der Waals surface area contributed by atoms with E-state index in [0.29, 0.717) is 0 Å². The van der Waals surface area contributed by atoms with Crippen LogP contribution in [0.4, 0.5) is 5.69 Å². The number of nitro groups is 1. The molecule has 98 valence electrons. The minimum Gasteiger partial charge on any atom is -0.504 e. The monoisotopic (exact) mass is 267 g/mol. The van der Waals surface area contributed by atoms with Crippen LogP contribution in [0.15, 0.2) is 21.3 Å². The highest BCUT2D eigenvalue weighted by Gasteiger charge is 2.26. The van der Waals surface area contributed by atoms with Crippen LogP contribution >= 0.6 is 0 Å². The highest BCUT2D eigenvalue weighted by atomic mass is 16.6. The molecule has 0 bridgehead atoms. The average Bonchev–Trinajstić information content (AvgIpc) is 2.30. The van der Waals surface area contributed by atoms with Crippen molar-refractivity contribution in [2.75, 3.05) is 0 Å². The predicted octanol–water partition coefficient (Wildman–Crippen LogP) is 0.811. The molecule has 1 aromatic carbocycles. The third-order valence-electron chi connectivity index (χ3n) is 2.36. The van der Waals surface area contributed by atoms with Crippen LogP contribution in [-0.2, 0) is 0 Å². The fourth-order valence-electron chi connectivity index (χ4n) is 1.54. The summed E-state index contributed by atoms with van der Waals surface area (Å²) in [4.78, 5) is 31.8. The second kappa shape index (κ2) is 3.98. The van der Waals surface area contributed by atoms with Gasteiger partial charge >= 0.3 is 17.3 Å². The first-order valence-corrected chi connectivity index (χ1v) is 4.73. The molecule has 0 unspecified atom stereocenters. The number of hydrogen-bond donors (Lipinski definition) is 3. The first-order chi connectivity index (χ1) is 8.82. The number of benzene rings is 1. The fourth-order valence-corrected chi connectivity index (χ4v) is 1.54. The maximum atomic E-state index is 11.3. The van der Waals surface area contributed by atoms with Crippen LogP contribution in [0, 0.1) is 10.1 Å². The SMILES string of the molecule is O=C(O)c1cc2cc(O)c(O)c([N+](=O)[O-])c2oc1=O. The van der Waals surface area contributed by atoms with E-state index in [2.05, 4.69) is 4.42 Å². The number of rotatable bonds is 2. The third kappa shape index (κ3) is 1.82. The van der Waals surface area contributed by atoms with Gasteiger partial charge in [-0.2, -0.15) is 0 Å². The molecule has 9 nitrogen and oxygen atoms in total. The lowest BCUT2D eigenvalue weighted by molar-refractivity contribution is -0.384. The molecule has 3 N–H and O–H groups in total. The maximum Gasteiger partial charge on any atom is 0.357 e. The molecule has 2 rings (SSSR count). The van der Waals surface area contributed by atoms with Gasteiger partial charge in [0.25, 0.3) is 0 Å². The van der Waals surface area contributed by atoms with E-state index in [1.54, 1.807) is 0 Å². The van der Waals surface area contributed by atoms with Crippen molar-refractivity contribution < 1.29 is 29.5 Å². The summed E-state index contributed by atoms with van der Waals surface area (Å²) in [5.74, 6) is -3.47. The quantitative estimate of drug-likeness (QED) is 0.313. The van der Waals surface area contributed by atoms with Crippen LogP contribution in [0.25, 0.3) is 11.0 Å². The Morgan fingerprint density at radius 1 is 1.32 bits per heavy atom. The molecule has 0 aliphatic carbocycles. The van der Waals surface area contributed by atoms with Crippen molar-refractivity contribution in [1.82, 2.24) is 0 Å². The lowest BCUT2D eigenvalue weighted by atomic mass is 10.1. The zero-order chi connectivity index (χ0) is 14.3. The van der Waals surface area contributed by atoms with Crippen molar-refractivity contribution in [2.45, 2.75) is 0 Å². The summed E-state index contributed by atoms with van der Waals surface area (Å²) in [6.45, 7) is 0. The van der Waals surface area contributed by atoms with Gasteiger partial charge < -0.3 is 19.7 Å². The minimum atomic E-state index is -1.58. The zero-order valence-corrected chi connectivity index (χ0v) is 8.98. The number of carboxylic acids is 1. The highest BCUT2D eigenvalue weighted by Crippen LogP contribution is 2.41. The number of phenolic OH excluding ortho intramolecular Hbond substituents is 2. The van der Waals surface area contributed by atoms with E-state index >= 15 is 0 Å². The van der Waals surface area contributed by atoms with Crippen LogP contribution in [0.3, 0.4) is 0 Å². The first kappa shape index (κ1) is 12.4. The molecule has 0 saturated heterocycles. The number of aromatic carboxylic acids is 1. The highest BCUT2D eigenvalue weighted by molar-refractivity contribution is 5.96. The number of hydrogen-bond acceptors (Lipinski definition) is 7. The summed E-state index contributed by atoms with van der Waals surface area (Å²) < 4.78 is 4.53. The molecule has 1 aromatic heterocycles. The van der Waals surface area contributed by atoms with Gasteiger partial charge in [0, 0.05) is 5.39 Å². The topological polar surface area (TPSA) is 151 Å². The minimum absolute atomic E-state index is 0.195. The van der Waals surface area contributed by atoms with Crippen LogP contribution in [0.1, 0.15) is 10.4 Å². The Hall–Kier alpha value is -3.10. The summed E-state index contributed by atoms with van der Waals surface area (Å²) >= 11 is 0. The Bertz CT molecular complexity index is 775. The largest absolute Gasteiger partial charge is 0.504 e. The Morgan fingerprint density at radius 3 is 2.47 bits per heavy atom. The molecule has 2 aromatic rings. The lowest BCUT2D eigenvalue weighted by Crippen LogP contribution is -2.13. The number of carboxylic acid groups (broad SMARTS) is 1. The van der Waals surface area contributed by atoms with Crippen molar-refractivity contribution in [3.8, 4) is 11.5 Å². The molecule has 0 spiro atoms. The third-order valence-corrected chi connectivity index (χ3v) is 2.36. The molecule has 0 amide bonds. The standard InChI is InChI=1S/C10H5NO8/c12-5-2-3-1-4(9(14)15)10(16)19-8(3)6(7(5)13)11(17)18/h1-2,12-13H,(H,14,15). The number of nitro benzene ring substituents is 1. The smallest absolute Gasteiger partial charge is 0.357 e. The van der Waals surface area contributed by atoms with Gasteiger partial charge in [-0.05, 0) is 12.1 Å². The lowest BCUT2D eigenvalue weighted by Gasteiger charge is -2.03. The van der Waals surface area contributed by atoms with Crippen molar-refractivity contribution in [3.05, 3.63) is 38.2 Å². The van der Waals surface area contributed by atoms with E-state index in [-0.39, 0.29) is 5.39 Å². The second-order valence-corrected chi connectivity index (χ2v) is 3.52. The van der Waals surface area contributed by atoms with Gasteiger partial charge in [0.15, 0.2) is 5.75 Å². The summed E-state index contributed by atoms with van der Waals surface area (Å²) in [5, 5.41) is 38.0. The van der Waals surface area contributed by atoms with E-state index in [0.717, 1.165) is 12.1 Å². The van der Waals surface area contributed by atoms with Crippen molar-refractivity contribution in [1.29, 1.82) is 0 Å². The Balaban J connectivity index is 2.99. The molecule has 0 aliphatic rings. The van der Waals surface area contributed by atoms with E-state index < -0.39 is 44.9 Å². The average molecular weight is 267 g/mol. The van der Waals surface area contributed by atoms with Crippen LogP contribution in [0.5, 0.6) is 11.5 Å². The van der Waals surface area contributed by atoms with Gasteiger partial charge in [-0.3, -0.25) is 10.1 Å². The fraction of sp³-hybridized carbons (Fsp3) is 0. The maximum absolute atomic E-state index is 11.3. The number of phenols is 2. The zero-order valence-electron chi connectivity index (χ0n) is 8.98. The van der Waals surface area contributed by atoms with Gasteiger partial charge in [0.05, 0.1) is 4.92 Å². The first-order valence-electron chi connectivity index (χ1n) is 4.73. The number of aromatic hydroxyl groups is 2. The number of fused-ring (bicyclic) bond motifs is 1. The molecule has 0 radical (unpaired) electrons. The summed E-state index contributed by atoms with van der Waals surface area (Å²) in [7, 11) is 0. The molecule has 19 heavy (non-hydrogen) atoms. The van der Waals surface area contributed by atoms with Gasteiger partial charge in [-0.1, -0.05) is 0 Å². The summed E-state index contributed by atoms with van der Waals surface area (Å²) in [6, 6.07) is 1.67. The van der Waals surface area contributed by atoms with Gasteiger partial charge in [0.2, 0.25) is 11.3 Å². The van der Waals surface area contributed by atoms with Crippen LogP contribution in [0.2, 0.25) is 0 Å². The molecule has 0 fully saturated rings. The van der Waals surface area contributed by atoms with Crippen LogP contribution < -0.4 is 5.63 Å². The van der Waals surface area contributed by atoms with E-state index in [1.165, 1.54) is 0 Å². The van der Waals surface area contributed by atoms with Gasteiger partial charge in [-0.25, -0.2) is 9.59 Å². The molecule has 1 heterocycles. The summed E-state index contributed by atoms with van der Waals surface area (Å²) in [6.07, 6.45) is 0. The molecule has 9 heteroatoms. The molecular weight excluding hydrogens is 262 g/mol. The number of carbonyl (C=O) groups is 1. The van der Waals surface area contributed by atoms with Crippen LogP contribution in [-0.4, -0.2) is 26.2 Å². The van der Waals surface area contributed by atoms with E-state index in [4.69, 9.17) is 5.11 Å². The van der Waals surface area contributed by atoms with Crippen molar-refractivity contribution in [3.63, 3.8) is 0 Å². The molecule has 0 aliphatic heterocycles. The normalized spacial score (nSPS) is 10.5. The molecule has 0 saturated carbocycles. The van der Waals surface area contributed by atoms with Gasteiger partial charge in [0.1, 0.15) is 5.56 Å². The van der Waals surface area contributed by atoms with Crippen molar-refractivity contribution in [2.24, 2.45) is 0 Å². The molecular formula is C10H5NO8. The predicted molar refractivity (Wildman–Crippen MR) is 59.4 cm³/mol. The summed E-state index contributed by atoms with van der Waals surface area (Å²) in [5.41, 5.74) is -3.67. The van der Waals surface area contributed by atoms with E-state index in [9.17, 15) is 29.9 Å².